The number of guanidine groups is 1. The maximum absolute atomic E-state index is 12.5. The van der Waals surface area contributed by atoms with Crippen molar-refractivity contribution in [1.29, 1.82) is 0 Å². The number of nitrogens with zero attached hydrogens (tertiary/aromatic N) is 3. The molecule has 29 heavy (non-hydrogen) atoms. The normalized spacial score (nSPS) is 17.3. The molecule has 1 atom stereocenters. The average Bonchev–Trinajstić information content (AvgIpc) is 3.19. The van der Waals surface area contributed by atoms with Crippen LogP contribution in [0, 0.1) is 0 Å². The van der Waals surface area contributed by atoms with Gasteiger partial charge in [0.1, 0.15) is 11.9 Å². The molecule has 2 rings (SSSR count). The molecule has 0 aliphatic carbocycles. The molecule has 11 heteroatoms. The first-order chi connectivity index (χ1) is 13.3. The maximum atomic E-state index is 12.5. The van der Waals surface area contributed by atoms with E-state index >= 15 is 0 Å². The number of piperazine rings is 1. The second-order valence-electron chi connectivity index (χ2n) is 6.85. The van der Waals surface area contributed by atoms with Crippen LogP contribution in [0.5, 0.6) is 0 Å². The summed E-state index contributed by atoms with van der Waals surface area (Å²) in [5, 5.41) is 13.3. The first-order valence-electron chi connectivity index (χ1n) is 9.67. The Bertz CT molecular complexity index is 704. The van der Waals surface area contributed by atoms with Crippen molar-refractivity contribution in [2.75, 3.05) is 51.6 Å². The van der Waals surface area contributed by atoms with Crippen molar-refractivity contribution < 1.29 is 22.7 Å². The summed E-state index contributed by atoms with van der Waals surface area (Å²) in [6.45, 7) is 8.65. The van der Waals surface area contributed by atoms with Gasteiger partial charge in [-0.3, -0.25) is 0 Å². The first kappa shape index (κ1) is 26.1. The van der Waals surface area contributed by atoms with E-state index in [1.165, 1.54) is 10.6 Å². The average molecular weight is 544 g/mol. The molecule has 0 saturated carbocycles. The minimum atomic E-state index is -3.33. The van der Waals surface area contributed by atoms with Crippen LogP contribution >= 0.6 is 24.0 Å². The molecule has 2 N–H and O–H groups in total. The van der Waals surface area contributed by atoms with Crippen molar-refractivity contribution >= 4 is 40.0 Å². The highest BCUT2D eigenvalue weighted by Crippen LogP contribution is 2.14. The smallest absolute Gasteiger partial charge is 0.216 e. The summed E-state index contributed by atoms with van der Waals surface area (Å²) >= 11 is 0. The van der Waals surface area contributed by atoms with E-state index in [1.54, 1.807) is 12.1 Å². The number of hydrogen-bond acceptors (Lipinski definition) is 6. The zero-order valence-electron chi connectivity index (χ0n) is 17.3. The minimum Gasteiger partial charge on any atom is -0.467 e. The summed E-state index contributed by atoms with van der Waals surface area (Å²) in [6.07, 6.45) is 0.716. The topological polar surface area (TPSA) is 108 Å². The fourth-order valence-corrected chi connectivity index (χ4v) is 4.15. The van der Waals surface area contributed by atoms with E-state index in [9.17, 15) is 13.5 Å². The molecule has 2 heterocycles. The lowest BCUT2D eigenvalue weighted by Gasteiger charge is -2.36. The predicted molar refractivity (Wildman–Crippen MR) is 123 cm³/mol. The lowest BCUT2D eigenvalue weighted by atomic mass is 10.3. The van der Waals surface area contributed by atoms with Gasteiger partial charge in [-0.15, -0.1) is 24.0 Å². The lowest BCUT2D eigenvalue weighted by Crippen LogP contribution is -2.54. The second kappa shape index (κ2) is 12.7. The Morgan fingerprint density at radius 2 is 2.03 bits per heavy atom. The molecule has 1 unspecified atom stereocenters. The number of furan rings is 1. The number of rotatable bonds is 9. The summed E-state index contributed by atoms with van der Waals surface area (Å²) < 4.78 is 37.0. The molecule has 1 aromatic rings. The van der Waals surface area contributed by atoms with Gasteiger partial charge in [0.15, 0.2) is 5.96 Å². The van der Waals surface area contributed by atoms with Gasteiger partial charge in [0, 0.05) is 32.7 Å². The third kappa shape index (κ3) is 8.40. The van der Waals surface area contributed by atoms with E-state index in [-0.39, 0.29) is 49.0 Å². The maximum Gasteiger partial charge on any atom is 0.216 e. The number of ether oxygens (including phenoxy) is 1. The molecule has 0 amide bonds. The Hall–Kier alpha value is -0.890. The highest BCUT2D eigenvalue weighted by molar-refractivity contribution is 14.0. The van der Waals surface area contributed by atoms with E-state index < -0.39 is 16.1 Å². The molecule has 1 aliphatic heterocycles. The van der Waals surface area contributed by atoms with Crippen LogP contribution in [-0.4, -0.2) is 86.4 Å². The van der Waals surface area contributed by atoms with Gasteiger partial charge in [0.2, 0.25) is 10.0 Å². The zero-order chi connectivity index (χ0) is 20.6. The van der Waals surface area contributed by atoms with Crippen LogP contribution in [-0.2, 0) is 14.8 Å². The Morgan fingerprint density at radius 3 is 2.59 bits per heavy atom. The molecule has 1 aliphatic rings. The van der Waals surface area contributed by atoms with Crippen molar-refractivity contribution in [1.82, 2.24) is 14.5 Å². The molecular weight excluding hydrogens is 511 g/mol. The van der Waals surface area contributed by atoms with E-state index in [0.717, 1.165) is 0 Å². The van der Waals surface area contributed by atoms with Crippen LogP contribution in [0.3, 0.4) is 0 Å². The van der Waals surface area contributed by atoms with E-state index in [0.29, 0.717) is 44.4 Å². The molecule has 1 saturated heterocycles. The van der Waals surface area contributed by atoms with Gasteiger partial charge in [-0.1, -0.05) is 0 Å². The SMILES string of the molecule is CCNC(=NCC(O)c1ccco1)N1CCN(S(=O)(=O)CCOC(C)C)CC1.I. The Morgan fingerprint density at radius 1 is 1.34 bits per heavy atom. The number of aliphatic imine (C=N–C) groups is 1. The predicted octanol–water partition coefficient (Wildman–Crippen LogP) is 1.27. The Balaban J connectivity index is 0.00000420. The fraction of sp³-hybridized carbons (Fsp3) is 0.722. The molecule has 0 spiro atoms. The van der Waals surface area contributed by atoms with Crippen LogP contribution in [0.15, 0.2) is 27.8 Å². The summed E-state index contributed by atoms with van der Waals surface area (Å²) in [7, 11) is -3.33. The summed E-state index contributed by atoms with van der Waals surface area (Å²) in [4.78, 5) is 6.49. The second-order valence-corrected chi connectivity index (χ2v) is 8.94. The third-order valence-corrected chi connectivity index (χ3v) is 6.18. The monoisotopic (exact) mass is 544 g/mol. The first-order valence-corrected chi connectivity index (χ1v) is 11.3. The van der Waals surface area contributed by atoms with Crippen molar-refractivity contribution in [2.24, 2.45) is 4.99 Å². The number of hydrogen-bond donors (Lipinski definition) is 2. The number of aliphatic hydroxyl groups is 1. The van der Waals surface area contributed by atoms with Gasteiger partial charge in [0.05, 0.1) is 31.3 Å². The van der Waals surface area contributed by atoms with Crippen molar-refractivity contribution in [3.05, 3.63) is 24.2 Å². The van der Waals surface area contributed by atoms with Crippen LogP contribution < -0.4 is 5.32 Å². The third-order valence-electron chi connectivity index (χ3n) is 4.34. The van der Waals surface area contributed by atoms with E-state index in [2.05, 4.69) is 10.3 Å². The standard InChI is InChI=1S/C18H32N4O5S.HI/c1-4-19-18(20-14-16(23)17-6-5-11-27-17)21-7-9-22(10-8-21)28(24,25)13-12-26-15(2)3;/h5-6,11,15-16,23H,4,7-10,12-14H2,1-3H3,(H,19,20);1H. The number of halogens is 1. The number of nitrogens with one attached hydrogen (secondary N) is 1. The molecule has 0 aromatic carbocycles. The highest BCUT2D eigenvalue weighted by Gasteiger charge is 2.28. The molecule has 0 radical (unpaired) electrons. The molecule has 9 nitrogen and oxygen atoms in total. The molecular formula is C18H33IN4O5S. The highest BCUT2D eigenvalue weighted by atomic mass is 127. The Labute approximate surface area is 190 Å². The molecule has 1 aromatic heterocycles. The Kier molecular flexibility index (Phi) is 11.5. The van der Waals surface area contributed by atoms with Gasteiger partial charge in [-0.05, 0) is 32.9 Å². The molecule has 0 bridgehead atoms. The summed E-state index contributed by atoms with van der Waals surface area (Å²) in [6, 6.07) is 3.43. The van der Waals surface area contributed by atoms with Crippen molar-refractivity contribution in [3.8, 4) is 0 Å². The molecule has 1 fully saturated rings. The molecule has 168 valence electrons. The lowest BCUT2D eigenvalue weighted by molar-refractivity contribution is 0.0904. The van der Waals surface area contributed by atoms with Crippen molar-refractivity contribution in [3.63, 3.8) is 0 Å². The largest absolute Gasteiger partial charge is 0.467 e. The van der Waals surface area contributed by atoms with Gasteiger partial charge in [-0.2, -0.15) is 4.31 Å². The van der Waals surface area contributed by atoms with E-state index in [1.807, 2.05) is 25.7 Å². The zero-order valence-corrected chi connectivity index (χ0v) is 20.4. The summed E-state index contributed by atoms with van der Waals surface area (Å²) in [5.41, 5.74) is 0. The van der Waals surface area contributed by atoms with Gasteiger partial charge >= 0.3 is 0 Å². The van der Waals surface area contributed by atoms with Crippen LogP contribution in [0.25, 0.3) is 0 Å². The fourth-order valence-electron chi connectivity index (χ4n) is 2.87. The van der Waals surface area contributed by atoms with E-state index in [4.69, 9.17) is 9.15 Å². The van der Waals surface area contributed by atoms with Gasteiger partial charge < -0.3 is 24.5 Å². The summed E-state index contributed by atoms with van der Waals surface area (Å²) in [5.74, 6) is 1.13. The van der Waals surface area contributed by atoms with Crippen LogP contribution in [0.2, 0.25) is 0 Å². The van der Waals surface area contributed by atoms with Crippen LogP contribution in [0.1, 0.15) is 32.6 Å². The quantitative estimate of drug-likeness (QED) is 0.274. The van der Waals surface area contributed by atoms with Crippen molar-refractivity contribution in [2.45, 2.75) is 33.0 Å². The number of aliphatic hydroxyl groups excluding tert-OH is 1. The minimum absolute atomic E-state index is 0. The van der Waals surface area contributed by atoms with Crippen LogP contribution in [0.4, 0.5) is 0 Å². The van der Waals surface area contributed by atoms with Gasteiger partial charge in [-0.25, -0.2) is 13.4 Å². The number of sulfonamides is 1. The van der Waals surface area contributed by atoms with Gasteiger partial charge in [0.25, 0.3) is 0 Å².